The van der Waals surface area contributed by atoms with E-state index >= 15 is 0 Å². The molecule has 0 spiro atoms. The molecule has 1 amide bonds. The molecule has 2 N–H and O–H groups in total. The number of hydrogen-bond acceptors (Lipinski definition) is 5. The maximum absolute atomic E-state index is 11.9. The van der Waals surface area contributed by atoms with E-state index < -0.39 is 48.9 Å². The topological polar surface area (TPSA) is 102 Å². The highest BCUT2D eigenvalue weighted by Gasteiger charge is 2.33. The monoisotopic (exact) mass is 315 g/mol. The van der Waals surface area contributed by atoms with Crippen molar-refractivity contribution in [3.8, 4) is 0 Å². The minimum absolute atomic E-state index is 0.923. The SMILES string of the molecule is CC(C)(C)OC(=O)N[C@@H](CC(=O)O)C(=O)OCC(F)(F)F. The average Bonchev–Trinajstić information content (AvgIpc) is 2.20. The number of alkyl halides is 3. The van der Waals surface area contributed by atoms with E-state index in [0.29, 0.717) is 0 Å². The summed E-state index contributed by atoms with van der Waals surface area (Å²) in [6, 6.07) is -1.78. The lowest BCUT2D eigenvalue weighted by atomic mass is 10.2. The van der Waals surface area contributed by atoms with Crippen LogP contribution in [0, 0.1) is 0 Å². The van der Waals surface area contributed by atoms with Crippen molar-refractivity contribution in [2.24, 2.45) is 0 Å². The van der Waals surface area contributed by atoms with Gasteiger partial charge in [0.2, 0.25) is 0 Å². The predicted octanol–water partition coefficient (Wildman–Crippen LogP) is 1.46. The fraction of sp³-hybridized carbons (Fsp3) is 0.727. The van der Waals surface area contributed by atoms with Gasteiger partial charge in [0.25, 0.3) is 0 Å². The van der Waals surface area contributed by atoms with Crippen LogP contribution in [0.2, 0.25) is 0 Å². The van der Waals surface area contributed by atoms with Crippen molar-refractivity contribution in [1.82, 2.24) is 5.32 Å². The van der Waals surface area contributed by atoms with E-state index in [1.54, 1.807) is 0 Å². The Morgan fingerprint density at radius 1 is 1.19 bits per heavy atom. The van der Waals surface area contributed by atoms with Gasteiger partial charge < -0.3 is 19.9 Å². The van der Waals surface area contributed by atoms with Gasteiger partial charge in [-0.3, -0.25) is 4.79 Å². The number of halogens is 3. The third kappa shape index (κ3) is 10.4. The molecule has 0 fully saturated rings. The Morgan fingerprint density at radius 2 is 1.71 bits per heavy atom. The minimum Gasteiger partial charge on any atom is -0.481 e. The zero-order valence-electron chi connectivity index (χ0n) is 11.6. The van der Waals surface area contributed by atoms with Crippen molar-refractivity contribution in [3.05, 3.63) is 0 Å². The second-order valence-electron chi connectivity index (χ2n) is 5.02. The first kappa shape index (κ1) is 19.0. The number of carboxylic acid groups (broad SMARTS) is 1. The summed E-state index contributed by atoms with van der Waals surface area (Å²) in [4.78, 5) is 33.3. The Labute approximate surface area is 118 Å². The smallest absolute Gasteiger partial charge is 0.422 e. The number of alkyl carbamates (subject to hydrolysis) is 1. The van der Waals surface area contributed by atoms with Gasteiger partial charge in [-0.05, 0) is 20.8 Å². The summed E-state index contributed by atoms with van der Waals surface area (Å²) in [5, 5.41) is 10.4. The Bertz CT molecular complexity index is 402. The number of ether oxygens (including phenoxy) is 2. The number of esters is 1. The third-order valence-electron chi connectivity index (χ3n) is 1.73. The van der Waals surface area contributed by atoms with Crippen LogP contribution in [-0.2, 0) is 19.1 Å². The Balaban J connectivity index is 4.68. The van der Waals surface area contributed by atoms with E-state index in [1.165, 1.54) is 20.8 Å². The van der Waals surface area contributed by atoms with E-state index in [0.717, 1.165) is 0 Å². The zero-order chi connectivity index (χ0) is 16.8. The molecule has 0 radical (unpaired) electrons. The van der Waals surface area contributed by atoms with Crippen molar-refractivity contribution < 1.29 is 42.1 Å². The number of carbonyl (C=O) groups is 3. The summed E-state index contributed by atoms with van der Waals surface area (Å²) in [6.07, 6.45) is -6.83. The van der Waals surface area contributed by atoms with Gasteiger partial charge in [0, 0.05) is 0 Å². The molecule has 10 heteroatoms. The second kappa shape index (κ2) is 7.14. The number of rotatable bonds is 5. The number of amides is 1. The van der Waals surface area contributed by atoms with E-state index in [-0.39, 0.29) is 0 Å². The molecule has 21 heavy (non-hydrogen) atoms. The Morgan fingerprint density at radius 3 is 2.10 bits per heavy atom. The molecule has 7 nitrogen and oxygen atoms in total. The van der Waals surface area contributed by atoms with E-state index in [2.05, 4.69) is 4.74 Å². The van der Waals surface area contributed by atoms with Gasteiger partial charge in [-0.25, -0.2) is 9.59 Å². The largest absolute Gasteiger partial charge is 0.481 e. The van der Waals surface area contributed by atoms with Crippen LogP contribution < -0.4 is 5.32 Å². The van der Waals surface area contributed by atoms with Crippen molar-refractivity contribution >= 4 is 18.0 Å². The first-order chi connectivity index (χ1) is 9.30. The molecule has 0 saturated carbocycles. The lowest BCUT2D eigenvalue weighted by Gasteiger charge is -2.22. The minimum atomic E-state index is -4.75. The molecule has 0 heterocycles. The molecule has 0 aromatic heterocycles. The molecule has 0 saturated heterocycles. The molecule has 0 aromatic rings. The van der Waals surface area contributed by atoms with Crippen molar-refractivity contribution in [3.63, 3.8) is 0 Å². The van der Waals surface area contributed by atoms with Crippen molar-refractivity contribution in [2.45, 2.75) is 45.0 Å². The highest BCUT2D eigenvalue weighted by Crippen LogP contribution is 2.15. The number of nitrogens with one attached hydrogen (secondary N) is 1. The fourth-order valence-electron chi connectivity index (χ4n) is 1.07. The van der Waals surface area contributed by atoms with Crippen LogP contribution in [0.1, 0.15) is 27.2 Å². The molecule has 122 valence electrons. The lowest BCUT2D eigenvalue weighted by molar-refractivity contribution is -0.188. The van der Waals surface area contributed by atoms with Crippen LogP contribution in [0.25, 0.3) is 0 Å². The van der Waals surface area contributed by atoms with Gasteiger partial charge in [-0.2, -0.15) is 13.2 Å². The van der Waals surface area contributed by atoms with Crippen molar-refractivity contribution in [2.75, 3.05) is 6.61 Å². The van der Waals surface area contributed by atoms with Gasteiger partial charge in [0.1, 0.15) is 11.6 Å². The summed E-state index contributed by atoms with van der Waals surface area (Å²) >= 11 is 0. The maximum Gasteiger partial charge on any atom is 0.422 e. The average molecular weight is 315 g/mol. The van der Waals surface area contributed by atoms with Crippen LogP contribution >= 0.6 is 0 Å². The van der Waals surface area contributed by atoms with Gasteiger partial charge in [0.15, 0.2) is 6.61 Å². The van der Waals surface area contributed by atoms with E-state index in [9.17, 15) is 27.6 Å². The summed E-state index contributed by atoms with van der Waals surface area (Å²) in [5.41, 5.74) is -0.923. The highest BCUT2D eigenvalue weighted by molar-refractivity contribution is 5.85. The molecule has 0 aliphatic carbocycles. The van der Waals surface area contributed by atoms with Crippen LogP contribution in [0.4, 0.5) is 18.0 Å². The van der Waals surface area contributed by atoms with Gasteiger partial charge in [-0.15, -0.1) is 0 Å². The summed E-state index contributed by atoms with van der Waals surface area (Å²) in [7, 11) is 0. The Hall–Kier alpha value is -2.00. The summed E-state index contributed by atoms with van der Waals surface area (Å²) in [6.45, 7) is 2.67. The summed E-state index contributed by atoms with van der Waals surface area (Å²) < 4.78 is 44.4. The van der Waals surface area contributed by atoms with E-state index in [4.69, 9.17) is 9.84 Å². The molecule has 0 rings (SSSR count). The fourth-order valence-corrected chi connectivity index (χ4v) is 1.07. The molecule has 0 aromatic carbocycles. The van der Waals surface area contributed by atoms with Gasteiger partial charge in [0.05, 0.1) is 6.42 Å². The predicted molar refractivity (Wildman–Crippen MR) is 62.4 cm³/mol. The van der Waals surface area contributed by atoms with Crippen LogP contribution in [0.5, 0.6) is 0 Å². The number of aliphatic carboxylic acids is 1. The molecular weight excluding hydrogens is 299 g/mol. The standard InChI is InChI=1S/C11H16F3NO6/c1-10(2,3)21-9(19)15-6(4-7(16)17)8(18)20-5-11(12,13)14/h6H,4-5H2,1-3H3,(H,15,19)(H,16,17)/t6-/m0/s1. The van der Waals surface area contributed by atoms with Crippen LogP contribution in [-0.4, -0.2) is 47.6 Å². The first-order valence-corrected chi connectivity index (χ1v) is 5.75. The lowest BCUT2D eigenvalue weighted by Crippen LogP contribution is -2.46. The number of carboxylic acids is 1. The van der Waals surface area contributed by atoms with Crippen LogP contribution in [0.3, 0.4) is 0 Å². The quantitative estimate of drug-likeness (QED) is 0.745. The molecule has 0 aliphatic heterocycles. The zero-order valence-corrected chi connectivity index (χ0v) is 11.6. The van der Waals surface area contributed by atoms with Crippen molar-refractivity contribution in [1.29, 1.82) is 0 Å². The van der Waals surface area contributed by atoms with Gasteiger partial charge >= 0.3 is 24.2 Å². The second-order valence-corrected chi connectivity index (χ2v) is 5.02. The van der Waals surface area contributed by atoms with E-state index in [1.807, 2.05) is 5.32 Å². The molecule has 0 bridgehead atoms. The molecule has 0 unspecified atom stereocenters. The maximum atomic E-state index is 11.9. The first-order valence-electron chi connectivity index (χ1n) is 5.75. The third-order valence-corrected chi connectivity index (χ3v) is 1.73. The normalized spacial score (nSPS) is 13.2. The summed E-state index contributed by atoms with van der Waals surface area (Å²) in [5.74, 6) is -3.01. The molecule has 0 aliphatic rings. The van der Waals surface area contributed by atoms with Gasteiger partial charge in [-0.1, -0.05) is 0 Å². The van der Waals surface area contributed by atoms with Crippen LogP contribution in [0.15, 0.2) is 0 Å². The molecular formula is C11H16F3NO6. The number of hydrogen-bond donors (Lipinski definition) is 2. The number of carbonyl (C=O) groups excluding carboxylic acids is 2. The molecule has 1 atom stereocenters. The highest BCUT2D eigenvalue weighted by atomic mass is 19.4. The Kier molecular flexibility index (Phi) is 6.46.